The highest BCUT2D eigenvalue weighted by atomic mass is 16.5. The third-order valence-electron chi connectivity index (χ3n) is 5.25. The van der Waals surface area contributed by atoms with Gasteiger partial charge in [0.1, 0.15) is 11.6 Å². The van der Waals surface area contributed by atoms with Gasteiger partial charge in [-0.25, -0.2) is 0 Å². The standard InChI is InChI=1S/C26H34N2O5/c1-17(2)10-13-33-23-9-8-20(15-24(23)31-6)14-21-19(5)22(16-27)26(30)28(25(21)29)11-7-12-32-18(3)4/h8-9,14-15,17-18H,7,10-13H2,1-6H3/b21-14+. The number of carbonyl (C=O) groups is 2. The van der Waals surface area contributed by atoms with Crippen LogP contribution >= 0.6 is 0 Å². The Bertz CT molecular complexity index is 969. The maximum absolute atomic E-state index is 13.2. The summed E-state index contributed by atoms with van der Waals surface area (Å²) in [6.07, 6.45) is 3.17. The summed E-state index contributed by atoms with van der Waals surface area (Å²) in [6, 6.07) is 7.37. The second kappa shape index (κ2) is 12.2. The summed E-state index contributed by atoms with van der Waals surface area (Å²) in [7, 11) is 1.56. The molecule has 2 amide bonds. The Hall–Kier alpha value is -3.11. The molecule has 0 unspecified atom stereocenters. The molecule has 1 aromatic rings. The minimum atomic E-state index is -0.562. The summed E-state index contributed by atoms with van der Waals surface area (Å²) in [5.74, 6) is 0.730. The molecule has 0 N–H and O–H groups in total. The number of hydrogen-bond acceptors (Lipinski definition) is 6. The number of nitriles is 1. The molecule has 0 saturated heterocycles. The molecule has 1 aliphatic rings. The van der Waals surface area contributed by atoms with Gasteiger partial charge in [0, 0.05) is 18.7 Å². The average molecular weight is 455 g/mol. The largest absolute Gasteiger partial charge is 0.493 e. The molecule has 0 fully saturated rings. The van der Waals surface area contributed by atoms with E-state index in [2.05, 4.69) is 13.8 Å². The number of hydrogen-bond donors (Lipinski definition) is 0. The van der Waals surface area contributed by atoms with E-state index < -0.39 is 11.8 Å². The molecular formula is C26H34N2O5. The molecule has 0 spiro atoms. The Morgan fingerprint density at radius 1 is 1.09 bits per heavy atom. The molecule has 2 rings (SSSR count). The van der Waals surface area contributed by atoms with Gasteiger partial charge in [0.05, 0.1) is 19.8 Å². The minimum absolute atomic E-state index is 0.0220. The summed E-state index contributed by atoms with van der Waals surface area (Å²) >= 11 is 0. The number of benzene rings is 1. The van der Waals surface area contributed by atoms with Crippen molar-refractivity contribution in [1.82, 2.24) is 4.90 Å². The molecule has 7 nitrogen and oxygen atoms in total. The van der Waals surface area contributed by atoms with Crippen LogP contribution in [0.4, 0.5) is 0 Å². The number of amides is 2. The van der Waals surface area contributed by atoms with Crippen molar-refractivity contribution >= 4 is 17.9 Å². The van der Waals surface area contributed by atoms with Crippen LogP contribution in [0.15, 0.2) is 34.9 Å². The molecule has 0 bridgehead atoms. The molecule has 0 radical (unpaired) electrons. The lowest BCUT2D eigenvalue weighted by atomic mass is 9.93. The number of carbonyl (C=O) groups excluding carboxylic acids is 2. The molecular weight excluding hydrogens is 420 g/mol. The van der Waals surface area contributed by atoms with Crippen molar-refractivity contribution in [3.63, 3.8) is 0 Å². The van der Waals surface area contributed by atoms with Crippen molar-refractivity contribution in [2.24, 2.45) is 5.92 Å². The summed E-state index contributed by atoms with van der Waals surface area (Å²) < 4.78 is 16.8. The fraction of sp³-hybridized carbons (Fsp3) is 0.500. The Balaban J connectivity index is 2.31. The zero-order chi connectivity index (χ0) is 24.5. The molecule has 0 atom stereocenters. The van der Waals surface area contributed by atoms with Gasteiger partial charge in [-0.05, 0) is 68.9 Å². The zero-order valence-corrected chi connectivity index (χ0v) is 20.4. The normalized spacial score (nSPS) is 15.6. The lowest BCUT2D eigenvalue weighted by Gasteiger charge is -2.27. The molecule has 7 heteroatoms. The predicted molar refractivity (Wildman–Crippen MR) is 127 cm³/mol. The van der Waals surface area contributed by atoms with Gasteiger partial charge in [-0.2, -0.15) is 5.26 Å². The van der Waals surface area contributed by atoms with E-state index in [1.165, 1.54) is 0 Å². The Morgan fingerprint density at radius 2 is 1.82 bits per heavy atom. The van der Waals surface area contributed by atoms with E-state index in [9.17, 15) is 14.9 Å². The van der Waals surface area contributed by atoms with E-state index in [0.717, 1.165) is 11.3 Å². The Labute approximate surface area is 196 Å². The highest BCUT2D eigenvalue weighted by Crippen LogP contribution is 2.32. The smallest absolute Gasteiger partial charge is 0.271 e. The Kier molecular flexibility index (Phi) is 9.68. The number of nitrogens with zero attached hydrogens (tertiary/aromatic N) is 2. The third kappa shape index (κ3) is 6.93. The SMILES string of the molecule is COc1cc(/C=C2/C(=O)N(CCCOC(C)C)C(=O)C(C#N)=C2C)ccc1OCCC(C)C. The highest BCUT2D eigenvalue weighted by molar-refractivity contribution is 6.19. The van der Waals surface area contributed by atoms with Crippen molar-refractivity contribution in [2.45, 2.75) is 53.6 Å². The van der Waals surface area contributed by atoms with E-state index in [1.54, 1.807) is 32.2 Å². The van der Waals surface area contributed by atoms with Crippen LogP contribution in [0.2, 0.25) is 0 Å². The van der Waals surface area contributed by atoms with Gasteiger partial charge in [0.25, 0.3) is 11.8 Å². The molecule has 1 heterocycles. The number of methoxy groups -OCH3 is 1. The van der Waals surface area contributed by atoms with E-state index in [1.807, 2.05) is 26.0 Å². The van der Waals surface area contributed by atoms with Crippen LogP contribution in [0.5, 0.6) is 11.5 Å². The first-order chi connectivity index (χ1) is 15.7. The topological polar surface area (TPSA) is 88.9 Å². The molecule has 1 aliphatic heterocycles. The number of ether oxygens (including phenoxy) is 3. The number of imide groups is 1. The maximum atomic E-state index is 13.2. The lowest BCUT2D eigenvalue weighted by molar-refractivity contribution is -0.140. The first-order valence-corrected chi connectivity index (χ1v) is 11.3. The summed E-state index contributed by atoms with van der Waals surface area (Å²) in [4.78, 5) is 27.0. The molecule has 0 aliphatic carbocycles. The second-order valence-electron chi connectivity index (χ2n) is 8.65. The van der Waals surface area contributed by atoms with Crippen LogP contribution < -0.4 is 9.47 Å². The van der Waals surface area contributed by atoms with Gasteiger partial charge in [0.15, 0.2) is 11.5 Å². The fourth-order valence-corrected chi connectivity index (χ4v) is 3.34. The van der Waals surface area contributed by atoms with Crippen molar-refractivity contribution in [2.75, 3.05) is 26.9 Å². The zero-order valence-electron chi connectivity index (χ0n) is 20.4. The van der Waals surface area contributed by atoms with Crippen LogP contribution in [0.3, 0.4) is 0 Å². The van der Waals surface area contributed by atoms with Crippen molar-refractivity contribution in [3.8, 4) is 17.6 Å². The van der Waals surface area contributed by atoms with E-state index in [0.29, 0.717) is 53.8 Å². The molecule has 0 saturated carbocycles. The van der Waals surface area contributed by atoms with Crippen LogP contribution in [0.1, 0.15) is 53.0 Å². The van der Waals surface area contributed by atoms with Crippen molar-refractivity contribution in [1.29, 1.82) is 5.26 Å². The van der Waals surface area contributed by atoms with Gasteiger partial charge in [-0.3, -0.25) is 14.5 Å². The van der Waals surface area contributed by atoms with Crippen LogP contribution in [-0.4, -0.2) is 49.7 Å². The Morgan fingerprint density at radius 3 is 2.42 bits per heavy atom. The van der Waals surface area contributed by atoms with Crippen molar-refractivity contribution < 1.29 is 23.8 Å². The minimum Gasteiger partial charge on any atom is -0.493 e. The molecule has 33 heavy (non-hydrogen) atoms. The average Bonchev–Trinajstić information content (AvgIpc) is 2.76. The summed E-state index contributed by atoms with van der Waals surface area (Å²) in [5.41, 5.74) is 1.37. The van der Waals surface area contributed by atoms with Gasteiger partial charge in [-0.1, -0.05) is 19.9 Å². The lowest BCUT2D eigenvalue weighted by Crippen LogP contribution is -2.43. The molecule has 1 aromatic carbocycles. The molecule has 178 valence electrons. The highest BCUT2D eigenvalue weighted by Gasteiger charge is 2.35. The first-order valence-electron chi connectivity index (χ1n) is 11.3. The second-order valence-corrected chi connectivity index (χ2v) is 8.65. The van der Waals surface area contributed by atoms with Crippen LogP contribution in [0.25, 0.3) is 6.08 Å². The predicted octanol–water partition coefficient (Wildman–Crippen LogP) is 4.53. The van der Waals surface area contributed by atoms with Gasteiger partial charge in [0.2, 0.25) is 0 Å². The van der Waals surface area contributed by atoms with Crippen LogP contribution in [-0.2, 0) is 14.3 Å². The summed E-state index contributed by atoms with van der Waals surface area (Å²) in [6.45, 7) is 10.9. The monoisotopic (exact) mass is 454 g/mol. The fourth-order valence-electron chi connectivity index (χ4n) is 3.34. The van der Waals surface area contributed by atoms with Crippen LogP contribution in [0, 0.1) is 17.2 Å². The third-order valence-corrected chi connectivity index (χ3v) is 5.25. The molecule has 0 aromatic heterocycles. The quantitative estimate of drug-likeness (QED) is 0.277. The number of rotatable bonds is 11. The maximum Gasteiger partial charge on any atom is 0.271 e. The van der Waals surface area contributed by atoms with Crippen molar-refractivity contribution in [3.05, 3.63) is 40.5 Å². The van der Waals surface area contributed by atoms with Gasteiger partial charge >= 0.3 is 0 Å². The summed E-state index contributed by atoms with van der Waals surface area (Å²) in [5, 5.41) is 9.55. The van der Waals surface area contributed by atoms with E-state index in [4.69, 9.17) is 14.2 Å². The first kappa shape index (κ1) is 26.1. The van der Waals surface area contributed by atoms with Gasteiger partial charge in [-0.15, -0.1) is 0 Å². The van der Waals surface area contributed by atoms with Gasteiger partial charge < -0.3 is 14.2 Å². The van der Waals surface area contributed by atoms with E-state index in [-0.39, 0.29) is 18.2 Å². The van der Waals surface area contributed by atoms with E-state index >= 15 is 0 Å².